The highest BCUT2D eigenvalue weighted by Crippen LogP contribution is 2.18. The lowest BCUT2D eigenvalue weighted by Crippen LogP contribution is -2.30. The average Bonchev–Trinajstić information content (AvgIpc) is 3.23. The van der Waals surface area contributed by atoms with Gasteiger partial charge in [0.1, 0.15) is 13.2 Å². The van der Waals surface area contributed by atoms with Gasteiger partial charge in [0.05, 0.1) is 0 Å². The van der Waals surface area contributed by atoms with Crippen molar-refractivity contribution in [3.8, 4) is 0 Å². The molecule has 368 valence electrons. The third kappa shape index (κ3) is 49.4. The summed E-state index contributed by atoms with van der Waals surface area (Å²) < 4.78 is 16.9. The van der Waals surface area contributed by atoms with Crippen LogP contribution in [0.1, 0.15) is 305 Å². The maximum absolute atomic E-state index is 12.8. The molecule has 0 aliphatic rings. The molecule has 0 spiro atoms. The third-order valence-electron chi connectivity index (χ3n) is 12.6. The van der Waals surface area contributed by atoms with Gasteiger partial charge in [0.2, 0.25) is 0 Å². The Morgan fingerprint density at radius 1 is 0.274 bits per heavy atom. The standard InChI is InChI=1S/C56H108O6/c1-50(2)42-36-30-24-18-13-10-8-7-9-11-15-22-29-35-41-47-56(59)62-53(49-61-55(58)46-40-34-28-23-17-20-26-32-38-44-52(5)6)48-60-54(57)45-39-33-27-21-16-12-14-19-25-31-37-43-51(3)4/h50-53H,7-49H2,1-6H3/t53-/m0/s1. The van der Waals surface area contributed by atoms with Crippen molar-refractivity contribution in [2.24, 2.45) is 17.8 Å². The van der Waals surface area contributed by atoms with Crippen LogP contribution in [-0.2, 0) is 28.6 Å². The molecule has 0 rings (SSSR count). The maximum Gasteiger partial charge on any atom is 0.306 e. The van der Waals surface area contributed by atoms with Crippen molar-refractivity contribution in [3.05, 3.63) is 0 Å². The molecule has 0 unspecified atom stereocenters. The molecule has 0 aromatic heterocycles. The highest BCUT2D eigenvalue weighted by Gasteiger charge is 2.19. The first kappa shape index (κ1) is 60.4. The summed E-state index contributed by atoms with van der Waals surface area (Å²) in [6, 6.07) is 0. The summed E-state index contributed by atoms with van der Waals surface area (Å²) in [7, 11) is 0. The maximum atomic E-state index is 12.8. The smallest absolute Gasteiger partial charge is 0.306 e. The molecular formula is C56H108O6. The zero-order chi connectivity index (χ0) is 45.6. The Balaban J connectivity index is 4.30. The van der Waals surface area contributed by atoms with E-state index in [-0.39, 0.29) is 31.1 Å². The van der Waals surface area contributed by atoms with Crippen molar-refractivity contribution in [1.82, 2.24) is 0 Å². The van der Waals surface area contributed by atoms with E-state index in [1.54, 1.807) is 0 Å². The minimum Gasteiger partial charge on any atom is -0.462 e. The van der Waals surface area contributed by atoms with Gasteiger partial charge in [-0.1, -0.05) is 266 Å². The molecule has 0 amide bonds. The van der Waals surface area contributed by atoms with Crippen molar-refractivity contribution in [3.63, 3.8) is 0 Å². The van der Waals surface area contributed by atoms with E-state index in [1.807, 2.05) is 0 Å². The SMILES string of the molecule is CC(C)CCCCCCCCCCCCCCCCCC(=O)O[C@@H](COC(=O)CCCCCCCCCCCCCC(C)C)COC(=O)CCCCCCCCCCCC(C)C. The molecule has 0 saturated carbocycles. The van der Waals surface area contributed by atoms with Gasteiger partial charge in [0.25, 0.3) is 0 Å². The first-order chi connectivity index (χ1) is 30.1. The van der Waals surface area contributed by atoms with E-state index < -0.39 is 6.10 Å². The van der Waals surface area contributed by atoms with Crippen LogP contribution in [0, 0.1) is 17.8 Å². The molecule has 0 aliphatic carbocycles. The molecule has 62 heavy (non-hydrogen) atoms. The number of hydrogen-bond acceptors (Lipinski definition) is 6. The number of hydrogen-bond donors (Lipinski definition) is 0. The summed E-state index contributed by atoms with van der Waals surface area (Å²) in [6.45, 7) is 13.7. The van der Waals surface area contributed by atoms with E-state index in [0.717, 1.165) is 75.5 Å². The van der Waals surface area contributed by atoms with Gasteiger partial charge in [0, 0.05) is 19.3 Å². The molecule has 0 aromatic rings. The number of carbonyl (C=O) groups is 3. The predicted molar refractivity (Wildman–Crippen MR) is 266 cm³/mol. The second-order valence-corrected chi connectivity index (χ2v) is 20.6. The second-order valence-electron chi connectivity index (χ2n) is 20.6. The number of ether oxygens (including phenoxy) is 3. The zero-order valence-electron chi connectivity index (χ0n) is 42.7. The van der Waals surface area contributed by atoms with Crippen LogP contribution in [0.15, 0.2) is 0 Å². The van der Waals surface area contributed by atoms with Crippen LogP contribution in [0.3, 0.4) is 0 Å². The number of esters is 3. The first-order valence-electron chi connectivity index (χ1n) is 27.6. The second kappa shape index (κ2) is 47.4. The van der Waals surface area contributed by atoms with E-state index >= 15 is 0 Å². The lowest BCUT2D eigenvalue weighted by atomic mass is 10.0. The molecule has 0 N–H and O–H groups in total. The van der Waals surface area contributed by atoms with Gasteiger partial charge in [0.15, 0.2) is 6.10 Å². The molecular weight excluding hydrogens is 769 g/mol. The molecule has 0 heterocycles. The van der Waals surface area contributed by atoms with E-state index in [4.69, 9.17) is 14.2 Å². The van der Waals surface area contributed by atoms with Crippen LogP contribution in [0.4, 0.5) is 0 Å². The van der Waals surface area contributed by atoms with Crippen molar-refractivity contribution >= 4 is 17.9 Å². The van der Waals surface area contributed by atoms with Crippen molar-refractivity contribution in [2.75, 3.05) is 13.2 Å². The summed E-state index contributed by atoms with van der Waals surface area (Å²) >= 11 is 0. The van der Waals surface area contributed by atoms with E-state index in [0.29, 0.717) is 19.3 Å². The van der Waals surface area contributed by atoms with Gasteiger partial charge < -0.3 is 14.2 Å². The highest BCUT2D eigenvalue weighted by atomic mass is 16.6. The largest absolute Gasteiger partial charge is 0.462 e. The van der Waals surface area contributed by atoms with Gasteiger partial charge in [-0.3, -0.25) is 14.4 Å². The fourth-order valence-corrected chi connectivity index (χ4v) is 8.47. The predicted octanol–water partition coefficient (Wildman–Crippen LogP) is 17.9. The molecule has 0 bridgehead atoms. The molecule has 6 heteroatoms. The molecule has 0 aliphatic heterocycles. The van der Waals surface area contributed by atoms with Crippen molar-refractivity contribution in [2.45, 2.75) is 311 Å². The Kier molecular flexibility index (Phi) is 46.2. The zero-order valence-corrected chi connectivity index (χ0v) is 42.7. The Morgan fingerprint density at radius 2 is 0.468 bits per heavy atom. The number of carbonyl (C=O) groups excluding carboxylic acids is 3. The minimum atomic E-state index is -0.763. The molecule has 0 saturated heterocycles. The lowest BCUT2D eigenvalue weighted by Gasteiger charge is -2.18. The highest BCUT2D eigenvalue weighted by molar-refractivity contribution is 5.71. The monoisotopic (exact) mass is 877 g/mol. The Morgan fingerprint density at radius 3 is 0.694 bits per heavy atom. The topological polar surface area (TPSA) is 78.9 Å². The summed E-state index contributed by atoms with van der Waals surface area (Å²) in [5.41, 5.74) is 0. The summed E-state index contributed by atoms with van der Waals surface area (Å²) in [5, 5.41) is 0. The normalized spacial score (nSPS) is 12.1. The Labute approximate surface area is 387 Å². The molecule has 0 fully saturated rings. The number of unbranched alkanes of at least 4 members (excludes halogenated alkanes) is 32. The molecule has 1 atom stereocenters. The van der Waals surface area contributed by atoms with Gasteiger partial charge in [-0.2, -0.15) is 0 Å². The minimum absolute atomic E-state index is 0.0643. The molecule has 0 aromatic carbocycles. The quantitative estimate of drug-likeness (QED) is 0.0344. The van der Waals surface area contributed by atoms with Gasteiger partial charge >= 0.3 is 17.9 Å². The first-order valence-corrected chi connectivity index (χ1v) is 27.6. The van der Waals surface area contributed by atoms with Crippen LogP contribution in [-0.4, -0.2) is 37.2 Å². The van der Waals surface area contributed by atoms with Crippen molar-refractivity contribution in [1.29, 1.82) is 0 Å². The van der Waals surface area contributed by atoms with Crippen LogP contribution in [0.25, 0.3) is 0 Å². The fourth-order valence-electron chi connectivity index (χ4n) is 8.47. The van der Waals surface area contributed by atoms with Crippen LogP contribution in [0.5, 0.6) is 0 Å². The molecule has 0 radical (unpaired) electrons. The average molecular weight is 877 g/mol. The summed E-state index contributed by atoms with van der Waals surface area (Å²) in [5.74, 6) is 1.63. The lowest BCUT2D eigenvalue weighted by molar-refractivity contribution is -0.167. The van der Waals surface area contributed by atoms with Gasteiger partial charge in [-0.25, -0.2) is 0 Å². The number of rotatable bonds is 49. The van der Waals surface area contributed by atoms with Crippen LogP contribution in [0.2, 0.25) is 0 Å². The van der Waals surface area contributed by atoms with E-state index in [2.05, 4.69) is 41.5 Å². The third-order valence-corrected chi connectivity index (χ3v) is 12.6. The van der Waals surface area contributed by atoms with E-state index in [9.17, 15) is 14.4 Å². The van der Waals surface area contributed by atoms with Crippen LogP contribution >= 0.6 is 0 Å². The fraction of sp³-hybridized carbons (Fsp3) is 0.946. The Bertz CT molecular complexity index is 960. The summed E-state index contributed by atoms with van der Waals surface area (Å²) in [6.07, 6.45) is 48.1. The van der Waals surface area contributed by atoms with Gasteiger partial charge in [-0.15, -0.1) is 0 Å². The van der Waals surface area contributed by atoms with E-state index in [1.165, 1.54) is 186 Å². The molecule has 6 nitrogen and oxygen atoms in total. The van der Waals surface area contributed by atoms with Crippen LogP contribution < -0.4 is 0 Å². The Hall–Kier alpha value is -1.59. The van der Waals surface area contributed by atoms with Gasteiger partial charge in [-0.05, 0) is 37.0 Å². The van der Waals surface area contributed by atoms with Crippen molar-refractivity contribution < 1.29 is 28.6 Å². The summed E-state index contributed by atoms with van der Waals surface area (Å²) in [4.78, 5) is 38.0.